The Hall–Kier alpha value is -0.0800. The highest BCUT2D eigenvalue weighted by Crippen LogP contribution is 2.35. The van der Waals surface area contributed by atoms with Crippen molar-refractivity contribution < 1.29 is 0 Å². The Morgan fingerprint density at radius 3 is 2.22 bits per heavy atom. The van der Waals surface area contributed by atoms with Gasteiger partial charge in [-0.15, -0.1) is 0 Å². The van der Waals surface area contributed by atoms with Crippen LogP contribution in [0.15, 0.2) is 0 Å². The predicted molar refractivity (Wildman–Crippen MR) is 78.6 cm³/mol. The van der Waals surface area contributed by atoms with Gasteiger partial charge in [0.05, 0.1) is 0 Å². The van der Waals surface area contributed by atoms with Crippen LogP contribution in [-0.2, 0) is 0 Å². The van der Waals surface area contributed by atoms with Crippen LogP contribution in [0.2, 0.25) is 0 Å². The van der Waals surface area contributed by atoms with Gasteiger partial charge in [-0.05, 0) is 68.9 Å². The molecule has 0 amide bonds. The van der Waals surface area contributed by atoms with E-state index in [1.54, 1.807) is 0 Å². The van der Waals surface area contributed by atoms with Crippen LogP contribution < -0.4 is 11.1 Å². The zero-order valence-corrected chi connectivity index (χ0v) is 12.2. The second kappa shape index (κ2) is 6.91. The summed E-state index contributed by atoms with van der Waals surface area (Å²) in [5, 5.41) is 3.77. The van der Waals surface area contributed by atoms with Gasteiger partial charge >= 0.3 is 0 Å². The summed E-state index contributed by atoms with van der Waals surface area (Å²) >= 11 is 0. The van der Waals surface area contributed by atoms with Crippen molar-refractivity contribution in [3.8, 4) is 0 Å². The first-order valence-electron chi connectivity index (χ1n) is 8.13. The van der Waals surface area contributed by atoms with Crippen LogP contribution in [0.5, 0.6) is 0 Å². The van der Waals surface area contributed by atoms with Crippen molar-refractivity contribution in [2.24, 2.45) is 23.0 Å². The molecule has 0 aromatic heterocycles. The van der Waals surface area contributed by atoms with E-state index >= 15 is 0 Å². The fourth-order valence-corrected chi connectivity index (χ4v) is 3.83. The van der Waals surface area contributed by atoms with Crippen LogP contribution in [0.3, 0.4) is 0 Å². The van der Waals surface area contributed by atoms with Gasteiger partial charge in [-0.25, -0.2) is 0 Å². The molecule has 2 rings (SSSR count). The van der Waals surface area contributed by atoms with E-state index in [4.69, 9.17) is 5.73 Å². The molecule has 0 saturated heterocycles. The molecule has 0 aromatic carbocycles. The maximum Gasteiger partial charge on any atom is 0.000527 e. The van der Waals surface area contributed by atoms with Crippen molar-refractivity contribution in [3.63, 3.8) is 0 Å². The first-order chi connectivity index (χ1) is 8.72. The number of nitrogens with one attached hydrogen (secondary N) is 1. The molecule has 0 radical (unpaired) electrons. The summed E-state index contributed by atoms with van der Waals surface area (Å²) < 4.78 is 0. The quantitative estimate of drug-likeness (QED) is 0.788. The molecule has 0 bridgehead atoms. The van der Waals surface area contributed by atoms with Gasteiger partial charge in [-0.1, -0.05) is 26.2 Å². The highest BCUT2D eigenvalue weighted by atomic mass is 14.9. The molecular weight excluding hydrogens is 220 g/mol. The maximum absolute atomic E-state index is 5.75. The molecule has 106 valence electrons. The Balaban J connectivity index is 1.60. The third-order valence-corrected chi connectivity index (χ3v) is 5.35. The van der Waals surface area contributed by atoms with Crippen molar-refractivity contribution in [3.05, 3.63) is 0 Å². The van der Waals surface area contributed by atoms with E-state index in [2.05, 4.69) is 12.2 Å². The van der Waals surface area contributed by atoms with Crippen molar-refractivity contribution in [2.75, 3.05) is 19.6 Å². The van der Waals surface area contributed by atoms with Crippen LogP contribution in [0.25, 0.3) is 0 Å². The van der Waals surface area contributed by atoms with E-state index in [0.29, 0.717) is 5.41 Å². The Labute approximate surface area is 113 Å². The van der Waals surface area contributed by atoms with E-state index in [0.717, 1.165) is 18.4 Å². The molecular formula is C16H32N2. The number of rotatable bonds is 5. The summed E-state index contributed by atoms with van der Waals surface area (Å²) in [6, 6.07) is 0. The third kappa shape index (κ3) is 4.24. The first kappa shape index (κ1) is 14.3. The molecule has 2 aliphatic carbocycles. The van der Waals surface area contributed by atoms with Crippen molar-refractivity contribution >= 4 is 0 Å². The van der Waals surface area contributed by atoms with Gasteiger partial charge in [0, 0.05) is 6.54 Å². The zero-order chi connectivity index (χ0) is 12.8. The molecule has 0 atom stereocenters. The lowest BCUT2D eigenvalue weighted by molar-refractivity contribution is 0.196. The lowest BCUT2D eigenvalue weighted by Crippen LogP contribution is -2.37. The normalized spacial score (nSPS) is 32.3. The molecule has 2 nitrogen and oxygen atoms in total. The number of nitrogens with two attached hydrogens (primary N) is 1. The average molecular weight is 252 g/mol. The molecule has 0 unspecified atom stereocenters. The average Bonchev–Trinajstić information content (AvgIpc) is 2.40. The predicted octanol–water partition coefficient (Wildman–Crippen LogP) is 3.31. The molecule has 2 saturated carbocycles. The monoisotopic (exact) mass is 252 g/mol. The minimum Gasteiger partial charge on any atom is -0.330 e. The van der Waals surface area contributed by atoms with Gasteiger partial charge < -0.3 is 11.1 Å². The Bertz CT molecular complexity index is 225. The van der Waals surface area contributed by atoms with Gasteiger partial charge in [0.15, 0.2) is 0 Å². The van der Waals surface area contributed by atoms with Crippen LogP contribution in [0.1, 0.15) is 64.7 Å². The standard InChI is InChI=1S/C16H32N2/c1-16(9-3-2-4-10-16)13-18-12-15-7-5-14(11-17)6-8-15/h14-15,18H,2-13,17H2,1H3. The van der Waals surface area contributed by atoms with Gasteiger partial charge in [0.1, 0.15) is 0 Å². The largest absolute Gasteiger partial charge is 0.330 e. The molecule has 2 aliphatic rings. The summed E-state index contributed by atoms with van der Waals surface area (Å²) in [5.74, 6) is 1.73. The van der Waals surface area contributed by atoms with Gasteiger partial charge in [0.25, 0.3) is 0 Å². The second-order valence-electron chi connectivity index (χ2n) is 7.12. The Morgan fingerprint density at radius 1 is 1.00 bits per heavy atom. The number of hydrogen-bond acceptors (Lipinski definition) is 2. The fraction of sp³-hybridized carbons (Fsp3) is 1.00. The highest BCUT2D eigenvalue weighted by Gasteiger charge is 2.27. The summed E-state index contributed by atoms with van der Waals surface area (Å²) in [6.45, 7) is 5.86. The molecule has 0 spiro atoms. The fourth-order valence-electron chi connectivity index (χ4n) is 3.83. The van der Waals surface area contributed by atoms with E-state index in [1.807, 2.05) is 0 Å². The maximum atomic E-state index is 5.75. The summed E-state index contributed by atoms with van der Waals surface area (Å²) in [6.07, 6.45) is 12.7. The SMILES string of the molecule is CC1(CNCC2CCC(CN)CC2)CCCCC1. The van der Waals surface area contributed by atoms with Gasteiger partial charge in [0.2, 0.25) is 0 Å². The lowest BCUT2D eigenvalue weighted by atomic mass is 9.75. The smallest absolute Gasteiger partial charge is 0.000527 e. The molecule has 0 aromatic rings. The third-order valence-electron chi connectivity index (χ3n) is 5.35. The van der Waals surface area contributed by atoms with Crippen LogP contribution >= 0.6 is 0 Å². The summed E-state index contributed by atoms with van der Waals surface area (Å²) in [7, 11) is 0. The molecule has 2 fully saturated rings. The lowest BCUT2D eigenvalue weighted by Gasteiger charge is -2.35. The highest BCUT2D eigenvalue weighted by molar-refractivity contribution is 4.82. The van der Waals surface area contributed by atoms with E-state index < -0.39 is 0 Å². The van der Waals surface area contributed by atoms with Crippen molar-refractivity contribution in [1.82, 2.24) is 5.32 Å². The van der Waals surface area contributed by atoms with Crippen molar-refractivity contribution in [2.45, 2.75) is 64.7 Å². The van der Waals surface area contributed by atoms with Crippen LogP contribution in [-0.4, -0.2) is 19.6 Å². The molecule has 18 heavy (non-hydrogen) atoms. The molecule has 2 heteroatoms. The molecule has 0 aliphatic heterocycles. The zero-order valence-electron chi connectivity index (χ0n) is 12.2. The first-order valence-corrected chi connectivity index (χ1v) is 8.13. The minimum absolute atomic E-state index is 0.590. The topological polar surface area (TPSA) is 38.0 Å². The Morgan fingerprint density at radius 2 is 1.61 bits per heavy atom. The van der Waals surface area contributed by atoms with E-state index in [-0.39, 0.29) is 0 Å². The Kier molecular flexibility index (Phi) is 5.50. The summed E-state index contributed by atoms with van der Waals surface area (Å²) in [5.41, 5.74) is 6.34. The van der Waals surface area contributed by atoms with Crippen LogP contribution in [0, 0.1) is 17.3 Å². The van der Waals surface area contributed by atoms with E-state index in [9.17, 15) is 0 Å². The summed E-state index contributed by atoms with van der Waals surface area (Å²) in [4.78, 5) is 0. The molecule has 0 heterocycles. The minimum atomic E-state index is 0.590. The van der Waals surface area contributed by atoms with Gasteiger partial charge in [-0.3, -0.25) is 0 Å². The van der Waals surface area contributed by atoms with Gasteiger partial charge in [-0.2, -0.15) is 0 Å². The van der Waals surface area contributed by atoms with Crippen LogP contribution in [0.4, 0.5) is 0 Å². The van der Waals surface area contributed by atoms with Crippen molar-refractivity contribution in [1.29, 1.82) is 0 Å². The van der Waals surface area contributed by atoms with E-state index in [1.165, 1.54) is 70.9 Å². The number of hydrogen-bond donors (Lipinski definition) is 2. The second-order valence-corrected chi connectivity index (χ2v) is 7.12. The molecule has 3 N–H and O–H groups in total.